The third-order valence-corrected chi connectivity index (χ3v) is 4.82. The zero-order valence-electron chi connectivity index (χ0n) is 11.1. The van der Waals surface area contributed by atoms with Crippen molar-refractivity contribution in [3.05, 3.63) is 41.3 Å². The Morgan fingerprint density at radius 1 is 1.37 bits per heavy atom. The third kappa shape index (κ3) is 3.32. The third-order valence-electron chi connectivity index (χ3n) is 3.88. The molecular weight excluding hydrogens is 254 g/mol. The van der Waals surface area contributed by atoms with Crippen molar-refractivity contribution in [1.82, 2.24) is 10.2 Å². The van der Waals surface area contributed by atoms with Gasteiger partial charge in [0.05, 0.1) is 0 Å². The molecule has 2 aliphatic rings. The Kier molecular flexibility index (Phi) is 4.11. The van der Waals surface area contributed by atoms with Gasteiger partial charge >= 0.3 is 0 Å². The van der Waals surface area contributed by atoms with Crippen LogP contribution < -0.4 is 11.1 Å². The van der Waals surface area contributed by atoms with Crippen LogP contribution in [0, 0.1) is 5.92 Å². The lowest BCUT2D eigenvalue weighted by Gasteiger charge is -2.30. The molecule has 2 saturated heterocycles. The molecule has 4 heteroatoms. The number of fused-ring (bicyclic) bond motifs is 2. The Morgan fingerprint density at radius 3 is 3.00 bits per heavy atom. The first-order chi connectivity index (χ1) is 9.31. The topological polar surface area (TPSA) is 41.3 Å². The summed E-state index contributed by atoms with van der Waals surface area (Å²) in [4.78, 5) is 2.54. The summed E-state index contributed by atoms with van der Waals surface area (Å²) in [5, 5.41) is 5.67. The summed E-state index contributed by atoms with van der Waals surface area (Å²) in [5.41, 5.74) is 8.06. The van der Waals surface area contributed by atoms with E-state index in [1.54, 1.807) is 11.8 Å². The monoisotopic (exact) mass is 275 g/mol. The summed E-state index contributed by atoms with van der Waals surface area (Å²) in [6, 6.07) is 10.9. The second-order valence-electron chi connectivity index (χ2n) is 5.48. The van der Waals surface area contributed by atoms with Crippen LogP contribution in [0.15, 0.2) is 35.7 Å². The minimum atomic E-state index is 0.717. The first-order valence-corrected chi connectivity index (χ1v) is 7.94. The van der Waals surface area contributed by atoms with Crippen LogP contribution in [0.3, 0.4) is 0 Å². The molecule has 3 N–H and O–H groups in total. The molecule has 0 aliphatic carbocycles. The molecule has 2 heterocycles. The number of thioether (sulfide) groups is 1. The second-order valence-corrected chi connectivity index (χ2v) is 6.31. The van der Waals surface area contributed by atoms with Gasteiger partial charge < -0.3 is 11.1 Å². The molecule has 1 aromatic rings. The van der Waals surface area contributed by atoms with Gasteiger partial charge in [0.1, 0.15) is 0 Å². The number of hydrogen-bond donors (Lipinski definition) is 2. The zero-order chi connectivity index (χ0) is 13.1. The Bertz CT molecular complexity index is 434. The van der Waals surface area contributed by atoms with Crippen molar-refractivity contribution in [1.29, 1.82) is 0 Å². The first kappa shape index (κ1) is 13.0. The SMILES string of the molecule is N/C(=C\SCN1CC2CNC(C2)C1)c1ccccc1. The maximum absolute atomic E-state index is 6.09. The van der Waals surface area contributed by atoms with E-state index in [2.05, 4.69) is 27.8 Å². The summed E-state index contributed by atoms with van der Waals surface area (Å²) >= 11 is 1.81. The zero-order valence-corrected chi connectivity index (χ0v) is 11.9. The van der Waals surface area contributed by atoms with E-state index in [4.69, 9.17) is 5.73 Å². The van der Waals surface area contributed by atoms with E-state index < -0.39 is 0 Å². The van der Waals surface area contributed by atoms with Gasteiger partial charge in [0.2, 0.25) is 0 Å². The number of nitrogens with zero attached hydrogens (tertiary/aromatic N) is 1. The quantitative estimate of drug-likeness (QED) is 0.881. The Balaban J connectivity index is 1.50. The van der Waals surface area contributed by atoms with Gasteiger partial charge in [-0.15, -0.1) is 11.8 Å². The average molecular weight is 275 g/mol. The molecule has 2 atom stereocenters. The van der Waals surface area contributed by atoms with Crippen molar-refractivity contribution in [2.24, 2.45) is 11.7 Å². The molecule has 19 heavy (non-hydrogen) atoms. The normalized spacial score (nSPS) is 27.7. The highest BCUT2D eigenvalue weighted by molar-refractivity contribution is 8.02. The van der Waals surface area contributed by atoms with Crippen molar-refractivity contribution >= 4 is 17.5 Å². The van der Waals surface area contributed by atoms with Crippen LogP contribution in [0.4, 0.5) is 0 Å². The van der Waals surface area contributed by atoms with Gasteiger partial charge in [-0.25, -0.2) is 0 Å². The molecule has 102 valence electrons. The molecule has 0 radical (unpaired) electrons. The number of rotatable bonds is 4. The number of nitrogens with two attached hydrogens (primary N) is 1. The van der Waals surface area contributed by atoms with Crippen LogP contribution in [0.2, 0.25) is 0 Å². The lowest BCUT2D eigenvalue weighted by atomic mass is 10.0. The molecule has 2 fully saturated rings. The van der Waals surface area contributed by atoms with Crippen molar-refractivity contribution in [2.75, 3.05) is 25.5 Å². The highest BCUT2D eigenvalue weighted by atomic mass is 32.2. The van der Waals surface area contributed by atoms with E-state index >= 15 is 0 Å². The fraction of sp³-hybridized carbons (Fsp3) is 0.467. The van der Waals surface area contributed by atoms with E-state index in [1.807, 2.05) is 18.2 Å². The molecule has 1 aromatic carbocycles. The van der Waals surface area contributed by atoms with Gasteiger partial charge in [-0.05, 0) is 29.9 Å². The highest BCUT2D eigenvalue weighted by Gasteiger charge is 2.31. The van der Waals surface area contributed by atoms with Crippen molar-refractivity contribution in [3.8, 4) is 0 Å². The maximum Gasteiger partial charge on any atom is 0.0487 e. The molecule has 0 saturated carbocycles. The highest BCUT2D eigenvalue weighted by Crippen LogP contribution is 2.24. The van der Waals surface area contributed by atoms with Crippen LogP contribution in [0.5, 0.6) is 0 Å². The van der Waals surface area contributed by atoms with Gasteiger partial charge in [0.25, 0.3) is 0 Å². The Morgan fingerprint density at radius 2 is 2.21 bits per heavy atom. The van der Waals surface area contributed by atoms with Gasteiger partial charge in [-0.2, -0.15) is 0 Å². The van der Waals surface area contributed by atoms with Crippen LogP contribution in [0.25, 0.3) is 5.70 Å². The molecule has 3 rings (SSSR count). The lowest BCUT2D eigenvalue weighted by Crippen LogP contribution is -2.40. The average Bonchev–Trinajstić information content (AvgIpc) is 2.79. The summed E-state index contributed by atoms with van der Waals surface area (Å²) in [6.07, 6.45) is 1.36. The fourth-order valence-electron chi connectivity index (χ4n) is 2.97. The van der Waals surface area contributed by atoms with Crippen molar-refractivity contribution in [2.45, 2.75) is 12.5 Å². The summed E-state index contributed by atoms with van der Waals surface area (Å²) < 4.78 is 0. The summed E-state index contributed by atoms with van der Waals surface area (Å²) in [7, 11) is 0. The van der Waals surface area contributed by atoms with Gasteiger partial charge in [0, 0.05) is 30.7 Å². The number of benzene rings is 1. The summed E-state index contributed by atoms with van der Waals surface area (Å²) in [5.74, 6) is 1.90. The molecular formula is C15H21N3S. The van der Waals surface area contributed by atoms with Crippen LogP contribution in [0.1, 0.15) is 12.0 Å². The lowest BCUT2D eigenvalue weighted by molar-refractivity contribution is 0.224. The van der Waals surface area contributed by atoms with Crippen LogP contribution in [-0.2, 0) is 0 Å². The van der Waals surface area contributed by atoms with Gasteiger partial charge in [0.15, 0.2) is 0 Å². The number of piperidine rings is 1. The standard InChI is InChI=1S/C15H21N3S/c16-15(13-4-2-1-3-5-13)10-19-11-18-8-12-6-14(9-18)17-7-12/h1-5,10,12,14,17H,6-9,11,16H2/b15-10-. The number of hydrogen-bond acceptors (Lipinski definition) is 4. The predicted octanol–water partition coefficient (Wildman–Crippen LogP) is 1.93. The molecule has 0 aromatic heterocycles. The van der Waals surface area contributed by atoms with E-state index in [1.165, 1.54) is 26.1 Å². The molecule has 0 amide bonds. The van der Waals surface area contributed by atoms with E-state index in [-0.39, 0.29) is 0 Å². The van der Waals surface area contributed by atoms with E-state index in [9.17, 15) is 0 Å². The fourth-order valence-corrected chi connectivity index (χ4v) is 3.78. The van der Waals surface area contributed by atoms with Gasteiger partial charge in [-0.1, -0.05) is 30.3 Å². The maximum atomic E-state index is 6.09. The largest absolute Gasteiger partial charge is 0.398 e. The molecule has 2 aliphatic heterocycles. The number of likely N-dealkylation sites (tertiary alicyclic amines) is 1. The summed E-state index contributed by atoms with van der Waals surface area (Å²) in [6.45, 7) is 3.62. The van der Waals surface area contributed by atoms with Crippen molar-refractivity contribution in [3.63, 3.8) is 0 Å². The molecule has 2 bridgehead atoms. The molecule has 0 spiro atoms. The second kappa shape index (κ2) is 5.99. The Labute approximate surface area is 119 Å². The van der Waals surface area contributed by atoms with E-state index in [0.29, 0.717) is 0 Å². The van der Waals surface area contributed by atoms with Gasteiger partial charge in [-0.3, -0.25) is 4.90 Å². The molecule has 3 nitrogen and oxygen atoms in total. The number of nitrogens with one attached hydrogen (secondary N) is 1. The van der Waals surface area contributed by atoms with Crippen LogP contribution in [-0.4, -0.2) is 36.5 Å². The smallest absolute Gasteiger partial charge is 0.0487 e. The van der Waals surface area contributed by atoms with E-state index in [0.717, 1.165) is 29.1 Å². The Hall–Kier alpha value is -0.970. The minimum Gasteiger partial charge on any atom is -0.398 e. The molecule has 2 unspecified atom stereocenters. The van der Waals surface area contributed by atoms with Crippen LogP contribution >= 0.6 is 11.8 Å². The first-order valence-electron chi connectivity index (χ1n) is 6.89. The minimum absolute atomic E-state index is 0.717. The van der Waals surface area contributed by atoms with Crippen molar-refractivity contribution < 1.29 is 0 Å². The predicted molar refractivity (Wildman–Crippen MR) is 82.5 cm³/mol.